The van der Waals surface area contributed by atoms with Gasteiger partial charge < -0.3 is 0 Å². The van der Waals surface area contributed by atoms with Gasteiger partial charge in [-0.15, -0.1) is 11.3 Å². The largest absolute Gasteiger partial charge is 0.289 e. The van der Waals surface area contributed by atoms with E-state index in [4.69, 9.17) is 0 Å². The normalized spacial score (nSPS) is 19.8. The minimum atomic E-state index is -3.94. The average Bonchev–Trinajstić information content (AvgIpc) is 2.98. The van der Waals surface area contributed by atoms with E-state index in [1.165, 1.54) is 39.9 Å². The van der Waals surface area contributed by atoms with Crippen molar-refractivity contribution in [2.75, 3.05) is 6.54 Å². The van der Waals surface area contributed by atoms with Gasteiger partial charge in [0, 0.05) is 17.5 Å². The third kappa shape index (κ3) is 3.22. The molecule has 8 heteroatoms. The van der Waals surface area contributed by atoms with Gasteiger partial charge in [0.05, 0.1) is 11.0 Å². The summed E-state index contributed by atoms with van der Waals surface area (Å²) in [5.74, 6) is 0. The van der Waals surface area contributed by atoms with Gasteiger partial charge in [-0.25, -0.2) is 8.42 Å². The summed E-state index contributed by atoms with van der Waals surface area (Å²) >= 11 is 1.52. The summed E-state index contributed by atoms with van der Waals surface area (Å²) in [6.45, 7) is 0.386. The molecule has 3 rings (SSSR count). The second-order valence-electron chi connectivity index (χ2n) is 5.72. The molecule has 1 aromatic carbocycles. The number of nitro benzene ring substituents is 1. The molecule has 0 saturated carbocycles. The van der Waals surface area contributed by atoms with E-state index in [1.807, 2.05) is 17.5 Å². The number of para-hydroxylation sites is 1. The molecule has 0 bridgehead atoms. The van der Waals surface area contributed by atoms with Gasteiger partial charge in [0.15, 0.2) is 4.90 Å². The lowest BCUT2D eigenvalue weighted by Crippen LogP contribution is -2.34. The highest BCUT2D eigenvalue weighted by molar-refractivity contribution is 7.89. The number of thiophene rings is 1. The zero-order valence-electron chi connectivity index (χ0n) is 13.0. The van der Waals surface area contributed by atoms with Crippen molar-refractivity contribution in [2.45, 2.75) is 36.6 Å². The molecule has 6 nitrogen and oxygen atoms in total. The van der Waals surface area contributed by atoms with Gasteiger partial charge >= 0.3 is 0 Å². The highest BCUT2D eigenvalue weighted by Crippen LogP contribution is 2.38. The van der Waals surface area contributed by atoms with Gasteiger partial charge in [-0.1, -0.05) is 31.0 Å². The molecule has 1 aliphatic heterocycles. The molecule has 1 saturated heterocycles. The van der Waals surface area contributed by atoms with Crippen LogP contribution in [0.2, 0.25) is 0 Å². The quantitative estimate of drug-likeness (QED) is 0.606. The first-order valence-electron chi connectivity index (χ1n) is 7.80. The molecule has 0 spiro atoms. The number of sulfonamides is 1. The van der Waals surface area contributed by atoms with Gasteiger partial charge in [-0.3, -0.25) is 10.1 Å². The van der Waals surface area contributed by atoms with Crippen LogP contribution in [-0.4, -0.2) is 24.2 Å². The Labute approximate surface area is 144 Å². The van der Waals surface area contributed by atoms with Crippen LogP contribution in [0.1, 0.15) is 36.6 Å². The first kappa shape index (κ1) is 17.1. The predicted molar refractivity (Wildman–Crippen MR) is 92.5 cm³/mol. The van der Waals surface area contributed by atoms with Crippen molar-refractivity contribution in [1.29, 1.82) is 0 Å². The van der Waals surface area contributed by atoms with Crippen LogP contribution in [0.4, 0.5) is 5.69 Å². The van der Waals surface area contributed by atoms with Crippen molar-refractivity contribution in [2.24, 2.45) is 0 Å². The Morgan fingerprint density at radius 2 is 1.92 bits per heavy atom. The lowest BCUT2D eigenvalue weighted by atomic mass is 10.1. The Kier molecular flexibility index (Phi) is 4.98. The van der Waals surface area contributed by atoms with Crippen LogP contribution in [0.3, 0.4) is 0 Å². The number of rotatable bonds is 4. The summed E-state index contributed by atoms with van der Waals surface area (Å²) in [6.07, 6.45) is 3.42. The molecule has 128 valence electrons. The molecular formula is C16H18N2O4S2. The molecule has 1 atom stereocenters. The Morgan fingerprint density at radius 3 is 2.62 bits per heavy atom. The molecular weight excluding hydrogens is 348 g/mol. The monoisotopic (exact) mass is 366 g/mol. The Balaban J connectivity index is 2.08. The smallest absolute Gasteiger partial charge is 0.258 e. The van der Waals surface area contributed by atoms with Crippen molar-refractivity contribution < 1.29 is 13.3 Å². The maximum atomic E-state index is 13.2. The zero-order valence-corrected chi connectivity index (χ0v) is 14.6. The van der Waals surface area contributed by atoms with E-state index in [2.05, 4.69) is 0 Å². The highest BCUT2D eigenvalue weighted by atomic mass is 32.2. The second-order valence-corrected chi connectivity index (χ2v) is 8.56. The Morgan fingerprint density at radius 1 is 1.12 bits per heavy atom. The van der Waals surface area contributed by atoms with Gasteiger partial charge in [0.2, 0.25) is 10.0 Å². The third-order valence-corrected chi connectivity index (χ3v) is 7.15. The van der Waals surface area contributed by atoms with Gasteiger partial charge in [0.1, 0.15) is 0 Å². The van der Waals surface area contributed by atoms with E-state index in [0.29, 0.717) is 6.54 Å². The van der Waals surface area contributed by atoms with Crippen molar-refractivity contribution in [3.63, 3.8) is 0 Å². The summed E-state index contributed by atoms with van der Waals surface area (Å²) in [5, 5.41) is 13.2. The minimum Gasteiger partial charge on any atom is -0.258 e. The Bertz CT molecular complexity index is 818. The van der Waals surface area contributed by atoms with Crippen molar-refractivity contribution in [3.05, 3.63) is 56.8 Å². The fourth-order valence-corrected chi connectivity index (χ4v) is 5.86. The summed E-state index contributed by atoms with van der Waals surface area (Å²) in [5.41, 5.74) is -0.369. The lowest BCUT2D eigenvalue weighted by molar-refractivity contribution is -0.387. The van der Waals surface area contributed by atoms with E-state index in [-0.39, 0.29) is 16.6 Å². The summed E-state index contributed by atoms with van der Waals surface area (Å²) < 4.78 is 27.8. The number of hydrogen-bond acceptors (Lipinski definition) is 5. The van der Waals surface area contributed by atoms with E-state index in [0.717, 1.165) is 30.6 Å². The van der Waals surface area contributed by atoms with E-state index in [1.54, 1.807) is 0 Å². The molecule has 0 N–H and O–H groups in total. The molecule has 2 heterocycles. The predicted octanol–water partition coefficient (Wildman–Crippen LogP) is 3.96. The van der Waals surface area contributed by atoms with E-state index in [9.17, 15) is 18.5 Å². The van der Waals surface area contributed by atoms with Crippen LogP contribution in [0.25, 0.3) is 0 Å². The van der Waals surface area contributed by atoms with Crippen LogP contribution >= 0.6 is 11.3 Å². The molecule has 1 unspecified atom stereocenters. The van der Waals surface area contributed by atoms with Gasteiger partial charge in [0.25, 0.3) is 5.69 Å². The lowest BCUT2D eigenvalue weighted by Gasteiger charge is -2.28. The number of benzene rings is 1. The van der Waals surface area contributed by atoms with Crippen LogP contribution in [0, 0.1) is 10.1 Å². The van der Waals surface area contributed by atoms with E-state index >= 15 is 0 Å². The molecule has 1 aliphatic rings. The third-order valence-electron chi connectivity index (χ3n) is 4.22. The highest BCUT2D eigenvalue weighted by Gasteiger charge is 2.37. The topological polar surface area (TPSA) is 80.5 Å². The fourth-order valence-electron chi connectivity index (χ4n) is 3.09. The van der Waals surface area contributed by atoms with Crippen LogP contribution in [0.5, 0.6) is 0 Å². The minimum absolute atomic E-state index is 0.224. The summed E-state index contributed by atoms with van der Waals surface area (Å²) in [7, 11) is -3.94. The molecule has 0 aliphatic carbocycles. The van der Waals surface area contributed by atoms with Crippen LogP contribution in [-0.2, 0) is 10.0 Å². The number of nitro groups is 1. The fraction of sp³-hybridized carbons (Fsp3) is 0.375. The number of hydrogen-bond donors (Lipinski definition) is 0. The summed E-state index contributed by atoms with van der Waals surface area (Å²) in [4.78, 5) is 11.4. The maximum absolute atomic E-state index is 13.2. The maximum Gasteiger partial charge on any atom is 0.289 e. The first-order valence-corrected chi connectivity index (χ1v) is 10.1. The van der Waals surface area contributed by atoms with Crippen molar-refractivity contribution in [1.82, 2.24) is 4.31 Å². The SMILES string of the molecule is O=[N+]([O-])c1ccccc1S(=O)(=O)N1CCCCCC1c1cccs1. The first-order chi connectivity index (χ1) is 11.5. The summed E-state index contributed by atoms with van der Waals surface area (Å²) in [6, 6.07) is 9.16. The molecule has 1 aromatic heterocycles. The standard InChI is InChI=1S/C16H18N2O4S2/c19-18(20)14-8-3-4-10-16(14)24(21,22)17-11-5-1-2-7-13(17)15-9-6-12-23-15/h3-4,6,8-10,12-13H,1-2,5,7,11H2. The molecule has 24 heavy (non-hydrogen) atoms. The molecule has 0 radical (unpaired) electrons. The zero-order chi connectivity index (χ0) is 17.2. The van der Waals surface area contributed by atoms with Crippen molar-refractivity contribution >= 4 is 27.0 Å². The number of nitrogens with zero attached hydrogens (tertiary/aromatic N) is 2. The molecule has 2 aromatic rings. The van der Waals surface area contributed by atoms with Gasteiger partial charge in [-0.2, -0.15) is 4.31 Å². The average molecular weight is 366 g/mol. The second kappa shape index (κ2) is 7.00. The van der Waals surface area contributed by atoms with Crippen LogP contribution < -0.4 is 0 Å². The van der Waals surface area contributed by atoms with E-state index < -0.39 is 14.9 Å². The van der Waals surface area contributed by atoms with Gasteiger partial charge in [-0.05, 0) is 30.4 Å². The molecule has 1 fully saturated rings. The van der Waals surface area contributed by atoms with Crippen molar-refractivity contribution in [3.8, 4) is 0 Å². The Hall–Kier alpha value is -1.77. The van der Waals surface area contributed by atoms with Crippen LogP contribution in [0.15, 0.2) is 46.7 Å². The molecule has 0 amide bonds.